The number of carbonyl (C=O) groups is 1. The number of anilines is 1. The van der Waals surface area contributed by atoms with Crippen molar-refractivity contribution in [2.24, 2.45) is 11.8 Å². The summed E-state index contributed by atoms with van der Waals surface area (Å²) in [6, 6.07) is 1.68. The first-order valence-corrected chi connectivity index (χ1v) is 7.01. The number of amides is 1. The quantitative estimate of drug-likeness (QED) is 0.843. The fourth-order valence-corrected chi connectivity index (χ4v) is 1.66. The summed E-state index contributed by atoms with van der Waals surface area (Å²) in [5, 5.41) is 6.35. The van der Waals surface area contributed by atoms with Crippen molar-refractivity contribution in [1.82, 2.24) is 10.3 Å². The summed E-state index contributed by atoms with van der Waals surface area (Å²) in [7, 11) is 0. The normalized spacial score (nSPS) is 12.3. The largest absolute Gasteiger partial charge is 0.370 e. The molecule has 0 saturated carbocycles. The molecule has 2 N–H and O–H groups in total. The van der Waals surface area contributed by atoms with Crippen molar-refractivity contribution < 1.29 is 4.79 Å². The van der Waals surface area contributed by atoms with Crippen LogP contribution < -0.4 is 10.6 Å². The Hall–Kier alpha value is -1.29. The molecule has 0 fully saturated rings. The molecule has 1 rings (SSSR count). The first kappa shape index (κ1) is 15.8. The molecule has 1 unspecified atom stereocenters. The van der Waals surface area contributed by atoms with E-state index in [0.29, 0.717) is 34.8 Å². The zero-order valence-corrected chi connectivity index (χ0v) is 12.7. The summed E-state index contributed by atoms with van der Waals surface area (Å²) in [6.07, 6.45) is 1.50. The molecule has 106 valence electrons. The van der Waals surface area contributed by atoms with Gasteiger partial charge in [0.25, 0.3) is 5.91 Å². The maximum absolute atomic E-state index is 12.1. The molecule has 0 spiro atoms. The number of nitrogens with one attached hydrogen (secondary N) is 2. The Kier molecular flexibility index (Phi) is 6.09. The molecule has 5 heteroatoms. The molecule has 1 amide bonds. The third kappa shape index (κ3) is 4.71. The smallest absolute Gasteiger partial charge is 0.252 e. The Morgan fingerprint density at radius 2 is 2.11 bits per heavy atom. The summed E-state index contributed by atoms with van der Waals surface area (Å²) in [6.45, 7) is 9.76. The van der Waals surface area contributed by atoms with Gasteiger partial charge in [0.05, 0.1) is 10.6 Å². The number of rotatable bonds is 6. The average Bonchev–Trinajstić information content (AvgIpc) is 2.37. The number of aromatic nitrogens is 1. The van der Waals surface area contributed by atoms with Gasteiger partial charge in [0.15, 0.2) is 0 Å². The minimum Gasteiger partial charge on any atom is -0.370 e. The standard InChI is InChI=1S/C14H22ClN3O/c1-5-16-13-6-11(12(15)8-17-13)14(19)18-7-10(4)9(2)3/h6,8-10H,5,7H2,1-4H3,(H,16,17)(H,18,19). The summed E-state index contributed by atoms with van der Waals surface area (Å²) in [4.78, 5) is 16.2. The summed E-state index contributed by atoms with van der Waals surface area (Å²) < 4.78 is 0. The molecule has 1 heterocycles. The van der Waals surface area contributed by atoms with Crippen LogP contribution in [0.25, 0.3) is 0 Å². The van der Waals surface area contributed by atoms with Crippen molar-refractivity contribution in [3.05, 3.63) is 22.8 Å². The van der Waals surface area contributed by atoms with Gasteiger partial charge in [0.1, 0.15) is 5.82 Å². The number of pyridine rings is 1. The SMILES string of the molecule is CCNc1cc(C(=O)NCC(C)C(C)C)c(Cl)cn1. The van der Waals surface area contributed by atoms with Gasteiger partial charge in [-0.15, -0.1) is 0 Å². The minimum absolute atomic E-state index is 0.154. The van der Waals surface area contributed by atoms with Gasteiger partial charge < -0.3 is 10.6 Å². The molecule has 0 saturated heterocycles. The van der Waals surface area contributed by atoms with E-state index in [1.165, 1.54) is 6.20 Å². The lowest BCUT2D eigenvalue weighted by molar-refractivity contribution is 0.0945. The molecule has 0 radical (unpaired) electrons. The van der Waals surface area contributed by atoms with Crippen LogP contribution in [0.15, 0.2) is 12.3 Å². The fraction of sp³-hybridized carbons (Fsp3) is 0.571. The van der Waals surface area contributed by atoms with E-state index in [0.717, 1.165) is 6.54 Å². The second-order valence-corrected chi connectivity index (χ2v) is 5.42. The third-order valence-electron chi connectivity index (χ3n) is 3.18. The zero-order valence-electron chi connectivity index (χ0n) is 12.0. The Morgan fingerprint density at radius 1 is 1.42 bits per heavy atom. The topological polar surface area (TPSA) is 54.0 Å². The Labute approximate surface area is 120 Å². The molecular weight excluding hydrogens is 262 g/mol. The highest BCUT2D eigenvalue weighted by Crippen LogP contribution is 2.18. The molecule has 19 heavy (non-hydrogen) atoms. The maximum Gasteiger partial charge on any atom is 0.252 e. The Balaban J connectivity index is 2.73. The van der Waals surface area contributed by atoms with Crippen LogP contribution in [0.3, 0.4) is 0 Å². The fourth-order valence-electron chi connectivity index (χ4n) is 1.48. The second kappa shape index (κ2) is 7.34. The molecule has 4 nitrogen and oxygen atoms in total. The van der Waals surface area contributed by atoms with Gasteiger partial charge in [-0.2, -0.15) is 0 Å². The minimum atomic E-state index is -0.154. The Morgan fingerprint density at radius 3 is 2.68 bits per heavy atom. The van der Waals surface area contributed by atoms with E-state index in [2.05, 4.69) is 36.4 Å². The molecule has 1 aromatic rings. The molecule has 1 atom stereocenters. The van der Waals surface area contributed by atoms with E-state index in [1.807, 2.05) is 6.92 Å². The predicted octanol–water partition coefficient (Wildman–Crippen LogP) is 3.19. The van der Waals surface area contributed by atoms with E-state index in [9.17, 15) is 4.79 Å². The lowest BCUT2D eigenvalue weighted by atomic mass is 9.98. The Bertz CT molecular complexity index is 435. The van der Waals surface area contributed by atoms with Gasteiger partial charge in [0.2, 0.25) is 0 Å². The lowest BCUT2D eigenvalue weighted by Gasteiger charge is -2.16. The summed E-state index contributed by atoms with van der Waals surface area (Å²) >= 11 is 6.02. The van der Waals surface area contributed by atoms with Gasteiger partial charge in [0, 0.05) is 19.3 Å². The first-order chi connectivity index (χ1) is 8.95. The van der Waals surface area contributed by atoms with Crippen LogP contribution in [-0.4, -0.2) is 24.0 Å². The van der Waals surface area contributed by atoms with Crippen LogP contribution in [0, 0.1) is 11.8 Å². The zero-order chi connectivity index (χ0) is 14.4. The number of hydrogen-bond donors (Lipinski definition) is 2. The van der Waals surface area contributed by atoms with Crippen molar-refractivity contribution in [2.75, 3.05) is 18.4 Å². The molecular formula is C14H22ClN3O. The summed E-state index contributed by atoms with van der Waals surface area (Å²) in [5.74, 6) is 1.47. The van der Waals surface area contributed by atoms with Crippen molar-refractivity contribution in [3.63, 3.8) is 0 Å². The van der Waals surface area contributed by atoms with E-state index < -0.39 is 0 Å². The molecule has 0 bridgehead atoms. The van der Waals surface area contributed by atoms with Crippen molar-refractivity contribution in [2.45, 2.75) is 27.7 Å². The first-order valence-electron chi connectivity index (χ1n) is 6.63. The number of halogens is 1. The van der Waals surface area contributed by atoms with E-state index in [-0.39, 0.29) is 5.91 Å². The van der Waals surface area contributed by atoms with Crippen molar-refractivity contribution in [1.29, 1.82) is 0 Å². The van der Waals surface area contributed by atoms with E-state index in [4.69, 9.17) is 11.6 Å². The van der Waals surface area contributed by atoms with Crippen LogP contribution in [0.4, 0.5) is 5.82 Å². The van der Waals surface area contributed by atoms with Crippen LogP contribution in [-0.2, 0) is 0 Å². The maximum atomic E-state index is 12.1. The molecule has 0 aromatic carbocycles. The number of carbonyl (C=O) groups excluding carboxylic acids is 1. The van der Waals surface area contributed by atoms with Crippen LogP contribution in [0.5, 0.6) is 0 Å². The highest BCUT2D eigenvalue weighted by Gasteiger charge is 2.14. The predicted molar refractivity (Wildman–Crippen MR) is 79.7 cm³/mol. The van der Waals surface area contributed by atoms with Gasteiger partial charge in [-0.3, -0.25) is 4.79 Å². The molecule has 0 aliphatic heterocycles. The third-order valence-corrected chi connectivity index (χ3v) is 3.48. The van der Waals surface area contributed by atoms with Crippen LogP contribution in [0.1, 0.15) is 38.1 Å². The monoisotopic (exact) mass is 283 g/mol. The molecule has 0 aliphatic carbocycles. The molecule has 0 aliphatic rings. The van der Waals surface area contributed by atoms with E-state index >= 15 is 0 Å². The highest BCUT2D eigenvalue weighted by atomic mass is 35.5. The van der Waals surface area contributed by atoms with Gasteiger partial charge in [-0.1, -0.05) is 32.4 Å². The van der Waals surface area contributed by atoms with E-state index in [1.54, 1.807) is 6.07 Å². The summed E-state index contributed by atoms with van der Waals surface area (Å²) in [5.41, 5.74) is 0.462. The van der Waals surface area contributed by atoms with Gasteiger partial charge >= 0.3 is 0 Å². The second-order valence-electron chi connectivity index (χ2n) is 5.01. The van der Waals surface area contributed by atoms with Crippen LogP contribution >= 0.6 is 11.6 Å². The van der Waals surface area contributed by atoms with Crippen molar-refractivity contribution >= 4 is 23.3 Å². The number of nitrogens with zero attached hydrogens (tertiary/aromatic N) is 1. The van der Waals surface area contributed by atoms with Gasteiger partial charge in [-0.05, 0) is 24.8 Å². The lowest BCUT2D eigenvalue weighted by Crippen LogP contribution is -2.30. The average molecular weight is 284 g/mol. The molecule has 1 aromatic heterocycles. The van der Waals surface area contributed by atoms with Crippen molar-refractivity contribution in [3.8, 4) is 0 Å². The highest BCUT2D eigenvalue weighted by molar-refractivity contribution is 6.33. The van der Waals surface area contributed by atoms with Gasteiger partial charge in [-0.25, -0.2) is 4.98 Å². The number of hydrogen-bond acceptors (Lipinski definition) is 3. The van der Waals surface area contributed by atoms with Crippen LogP contribution in [0.2, 0.25) is 5.02 Å².